The Labute approximate surface area is 151 Å². The predicted octanol–water partition coefficient (Wildman–Crippen LogP) is 3.60. The summed E-state index contributed by atoms with van der Waals surface area (Å²) < 4.78 is 5.61. The molecule has 0 aliphatic rings. The molecule has 0 saturated heterocycles. The molecule has 1 N–H and O–H groups in total. The largest absolute Gasteiger partial charge is 0.441 e. The molecule has 0 atom stereocenters. The highest BCUT2D eigenvalue weighted by Gasteiger charge is 2.18. The third-order valence-corrected chi connectivity index (χ3v) is 3.83. The molecule has 0 unspecified atom stereocenters. The van der Waals surface area contributed by atoms with Crippen molar-refractivity contribution in [2.24, 2.45) is 0 Å². The van der Waals surface area contributed by atoms with E-state index in [0.29, 0.717) is 22.9 Å². The van der Waals surface area contributed by atoms with Crippen LogP contribution in [0.25, 0.3) is 11.5 Å². The van der Waals surface area contributed by atoms with Crippen LogP contribution in [0.4, 0.5) is 5.69 Å². The van der Waals surface area contributed by atoms with Crippen molar-refractivity contribution in [2.75, 3.05) is 19.4 Å². The molecule has 26 heavy (non-hydrogen) atoms. The monoisotopic (exact) mass is 349 g/mol. The van der Waals surface area contributed by atoms with Crippen LogP contribution in [0.1, 0.15) is 26.6 Å². The molecule has 0 bridgehead atoms. The van der Waals surface area contributed by atoms with E-state index >= 15 is 0 Å². The van der Waals surface area contributed by atoms with E-state index in [1.165, 1.54) is 4.90 Å². The lowest BCUT2D eigenvalue weighted by molar-refractivity contribution is 0.0827. The molecule has 3 aromatic rings. The fraction of sp³-hybridized carbons (Fsp3) is 0.150. The second-order valence-electron chi connectivity index (χ2n) is 6.02. The van der Waals surface area contributed by atoms with Crippen molar-refractivity contribution in [1.29, 1.82) is 0 Å². The van der Waals surface area contributed by atoms with Gasteiger partial charge in [0.1, 0.15) is 5.76 Å². The third-order valence-electron chi connectivity index (χ3n) is 3.83. The molecule has 132 valence electrons. The quantitative estimate of drug-likeness (QED) is 0.781. The summed E-state index contributed by atoms with van der Waals surface area (Å²) in [6.07, 6.45) is 0. The minimum atomic E-state index is -0.361. The predicted molar refractivity (Wildman–Crippen MR) is 99.1 cm³/mol. The molecule has 0 aliphatic heterocycles. The Morgan fingerprint density at radius 2 is 1.65 bits per heavy atom. The van der Waals surface area contributed by atoms with Gasteiger partial charge in [-0.05, 0) is 43.3 Å². The molecule has 3 rings (SSSR count). The summed E-state index contributed by atoms with van der Waals surface area (Å²) in [6, 6.07) is 16.1. The van der Waals surface area contributed by atoms with Crippen molar-refractivity contribution in [3.63, 3.8) is 0 Å². The lowest BCUT2D eigenvalue weighted by Gasteiger charge is -2.10. The van der Waals surface area contributed by atoms with Crippen molar-refractivity contribution in [1.82, 2.24) is 9.88 Å². The molecule has 1 heterocycles. The Morgan fingerprint density at radius 1 is 1.00 bits per heavy atom. The van der Waals surface area contributed by atoms with E-state index in [4.69, 9.17) is 4.42 Å². The molecule has 0 spiro atoms. The number of amides is 2. The van der Waals surface area contributed by atoms with Crippen molar-refractivity contribution in [3.8, 4) is 11.5 Å². The van der Waals surface area contributed by atoms with Crippen molar-refractivity contribution in [2.45, 2.75) is 6.92 Å². The van der Waals surface area contributed by atoms with Crippen molar-refractivity contribution in [3.05, 3.63) is 71.6 Å². The van der Waals surface area contributed by atoms with Gasteiger partial charge in [-0.2, -0.15) is 0 Å². The average molecular weight is 349 g/mol. The number of hydrogen-bond donors (Lipinski definition) is 1. The van der Waals surface area contributed by atoms with Gasteiger partial charge in [0.25, 0.3) is 11.8 Å². The summed E-state index contributed by atoms with van der Waals surface area (Å²) in [5, 5.41) is 2.77. The number of oxazole rings is 1. The SMILES string of the molecule is Cc1oc(-c2ccccc2)nc1C(=O)Nc1ccc(C(=O)N(C)C)cc1. The van der Waals surface area contributed by atoms with Gasteiger partial charge in [0, 0.05) is 30.9 Å². The van der Waals surface area contributed by atoms with Gasteiger partial charge in [-0.1, -0.05) is 18.2 Å². The maximum atomic E-state index is 12.5. The minimum absolute atomic E-state index is 0.0947. The van der Waals surface area contributed by atoms with Gasteiger partial charge in [0.15, 0.2) is 5.69 Å². The molecule has 0 saturated carbocycles. The molecular weight excluding hydrogens is 330 g/mol. The van der Waals surface area contributed by atoms with E-state index in [1.807, 2.05) is 30.3 Å². The fourth-order valence-electron chi connectivity index (χ4n) is 2.46. The first-order chi connectivity index (χ1) is 12.5. The number of benzene rings is 2. The number of hydrogen-bond acceptors (Lipinski definition) is 4. The Bertz CT molecular complexity index is 929. The fourth-order valence-corrected chi connectivity index (χ4v) is 2.46. The van der Waals surface area contributed by atoms with Gasteiger partial charge in [0.05, 0.1) is 0 Å². The molecule has 2 amide bonds. The smallest absolute Gasteiger partial charge is 0.277 e. The molecule has 0 radical (unpaired) electrons. The van der Waals surface area contributed by atoms with Crippen LogP contribution in [-0.2, 0) is 0 Å². The first kappa shape index (κ1) is 17.4. The summed E-state index contributed by atoms with van der Waals surface area (Å²) in [7, 11) is 3.38. The Hall–Kier alpha value is -3.41. The van der Waals surface area contributed by atoms with Crippen molar-refractivity contribution >= 4 is 17.5 Å². The zero-order valence-corrected chi connectivity index (χ0v) is 14.8. The van der Waals surface area contributed by atoms with Gasteiger partial charge in [-0.25, -0.2) is 4.98 Å². The number of aryl methyl sites for hydroxylation is 1. The van der Waals surface area contributed by atoms with Crippen LogP contribution in [0.15, 0.2) is 59.0 Å². The number of anilines is 1. The Balaban J connectivity index is 1.76. The van der Waals surface area contributed by atoms with Crippen LogP contribution in [0.5, 0.6) is 0 Å². The van der Waals surface area contributed by atoms with Gasteiger partial charge >= 0.3 is 0 Å². The highest BCUT2D eigenvalue weighted by atomic mass is 16.4. The van der Waals surface area contributed by atoms with E-state index in [2.05, 4.69) is 10.3 Å². The second-order valence-corrected chi connectivity index (χ2v) is 6.02. The molecule has 0 aliphatic carbocycles. The minimum Gasteiger partial charge on any atom is -0.441 e. The van der Waals surface area contributed by atoms with E-state index in [9.17, 15) is 9.59 Å². The molecule has 6 nitrogen and oxygen atoms in total. The average Bonchev–Trinajstić information content (AvgIpc) is 3.04. The number of carbonyl (C=O) groups is 2. The Morgan fingerprint density at radius 3 is 2.27 bits per heavy atom. The van der Waals surface area contributed by atoms with Gasteiger partial charge in [-0.3, -0.25) is 9.59 Å². The van der Waals surface area contributed by atoms with Crippen LogP contribution in [-0.4, -0.2) is 35.8 Å². The molecule has 0 fully saturated rings. The third kappa shape index (κ3) is 3.64. The summed E-state index contributed by atoms with van der Waals surface area (Å²) in [4.78, 5) is 30.2. The van der Waals surface area contributed by atoms with Crippen LogP contribution >= 0.6 is 0 Å². The summed E-state index contributed by atoms with van der Waals surface area (Å²) in [5.74, 6) is 0.392. The standard InChI is InChI=1S/C20H19N3O3/c1-13-17(22-19(26-13)14-7-5-4-6-8-14)18(24)21-16-11-9-15(10-12-16)20(25)23(2)3/h4-12H,1-3H3,(H,21,24). The molecular formula is C20H19N3O3. The molecule has 6 heteroatoms. The van der Waals surface area contributed by atoms with Gasteiger partial charge in [0.2, 0.25) is 5.89 Å². The maximum absolute atomic E-state index is 12.5. The summed E-state index contributed by atoms with van der Waals surface area (Å²) >= 11 is 0. The number of rotatable bonds is 4. The molecule has 1 aromatic heterocycles. The van der Waals surface area contributed by atoms with E-state index in [1.54, 1.807) is 45.3 Å². The summed E-state index contributed by atoms with van der Waals surface area (Å²) in [6.45, 7) is 1.70. The van der Waals surface area contributed by atoms with Crippen LogP contribution in [0, 0.1) is 6.92 Å². The maximum Gasteiger partial charge on any atom is 0.277 e. The zero-order valence-electron chi connectivity index (χ0n) is 14.8. The van der Waals surface area contributed by atoms with Gasteiger partial charge in [-0.15, -0.1) is 0 Å². The lowest BCUT2D eigenvalue weighted by atomic mass is 10.2. The first-order valence-electron chi connectivity index (χ1n) is 8.11. The van der Waals surface area contributed by atoms with Crippen LogP contribution in [0.2, 0.25) is 0 Å². The summed E-state index contributed by atoms with van der Waals surface area (Å²) in [5.41, 5.74) is 2.17. The number of nitrogens with zero attached hydrogens (tertiary/aromatic N) is 2. The molecule has 2 aromatic carbocycles. The van der Waals surface area contributed by atoms with E-state index in [0.717, 1.165) is 5.56 Å². The number of nitrogens with one attached hydrogen (secondary N) is 1. The number of carbonyl (C=O) groups excluding carboxylic acids is 2. The highest BCUT2D eigenvalue weighted by Crippen LogP contribution is 2.22. The lowest BCUT2D eigenvalue weighted by Crippen LogP contribution is -2.21. The Kier molecular flexibility index (Phi) is 4.84. The normalized spacial score (nSPS) is 10.4. The van der Waals surface area contributed by atoms with Crippen LogP contribution in [0.3, 0.4) is 0 Å². The number of aromatic nitrogens is 1. The van der Waals surface area contributed by atoms with Gasteiger partial charge < -0.3 is 14.6 Å². The first-order valence-corrected chi connectivity index (χ1v) is 8.11. The zero-order chi connectivity index (χ0) is 18.7. The van der Waals surface area contributed by atoms with Crippen molar-refractivity contribution < 1.29 is 14.0 Å². The topological polar surface area (TPSA) is 75.4 Å². The highest BCUT2D eigenvalue weighted by molar-refractivity contribution is 6.04. The van der Waals surface area contributed by atoms with E-state index in [-0.39, 0.29) is 17.5 Å². The van der Waals surface area contributed by atoms with Crippen LogP contribution < -0.4 is 5.32 Å². The van der Waals surface area contributed by atoms with E-state index < -0.39 is 0 Å². The second kappa shape index (κ2) is 7.23.